The number of hydrogen-bond donors (Lipinski definition) is 1. The molecule has 166 valence electrons. The number of aryl methyl sites for hydroxylation is 1. The zero-order valence-electron chi connectivity index (χ0n) is 18.3. The maximum Gasteiger partial charge on any atom is 0.295 e. The third-order valence-electron chi connectivity index (χ3n) is 5.53. The molecule has 1 atom stereocenters. The van der Waals surface area contributed by atoms with Gasteiger partial charge in [0.2, 0.25) is 0 Å². The van der Waals surface area contributed by atoms with Crippen LogP contribution in [-0.2, 0) is 16.1 Å². The number of carbonyl (C=O) groups excluding carboxylic acids is 2. The van der Waals surface area contributed by atoms with Crippen molar-refractivity contribution in [3.63, 3.8) is 0 Å². The molecule has 33 heavy (non-hydrogen) atoms. The number of nitrogens with zero attached hydrogens (tertiary/aromatic N) is 2. The Morgan fingerprint density at radius 2 is 1.73 bits per heavy atom. The van der Waals surface area contributed by atoms with E-state index in [1.54, 1.807) is 54.9 Å². The summed E-state index contributed by atoms with van der Waals surface area (Å²) in [5, 5.41) is 11.2. The lowest BCUT2D eigenvalue weighted by atomic mass is 9.94. The standard InChI is InChI=1S/C27H24N2O4/c1-3-16-33-22-10-8-21(9-11-22)25(30)23-24(20-6-4-18(2)5-7-20)29(27(32)26(23)31)17-19-12-14-28-15-13-19/h3-15,24,30H,1,16-17H2,2H3/t24-/m1/s1. The largest absolute Gasteiger partial charge is 0.507 e. The molecule has 1 aliphatic heterocycles. The highest BCUT2D eigenvalue weighted by molar-refractivity contribution is 6.46. The number of aliphatic hydroxyl groups is 1. The summed E-state index contributed by atoms with van der Waals surface area (Å²) in [6.45, 7) is 6.16. The Bertz CT molecular complexity index is 1200. The van der Waals surface area contributed by atoms with Crippen molar-refractivity contribution >= 4 is 17.4 Å². The van der Waals surface area contributed by atoms with E-state index in [2.05, 4.69) is 11.6 Å². The van der Waals surface area contributed by atoms with Crippen LogP contribution in [0.15, 0.2) is 91.3 Å². The molecule has 0 aliphatic carbocycles. The van der Waals surface area contributed by atoms with E-state index in [1.807, 2.05) is 31.2 Å². The summed E-state index contributed by atoms with van der Waals surface area (Å²) in [5.41, 5.74) is 3.15. The predicted molar refractivity (Wildman–Crippen MR) is 125 cm³/mol. The van der Waals surface area contributed by atoms with Crippen molar-refractivity contribution in [1.82, 2.24) is 9.88 Å². The third-order valence-corrected chi connectivity index (χ3v) is 5.53. The molecule has 1 fully saturated rings. The van der Waals surface area contributed by atoms with Gasteiger partial charge in [-0.15, -0.1) is 0 Å². The Morgan fingerprint density at radius 3 is 2.36 bits per heavy atom. The smallest absolute Gasteiger partial charge is 0.295 e. The molecule has 1 aromatic heterocycles. The van der Waals surface area contributed by atoms with Gasteiger partial charge < -0.3 is 14.7 Å². The molecule has 1 N–H and O–H groups in total. The maximum atomic E-state index is 13.1. The minimum atomic E-state index is -0.713. The number of ether oxygens (including phenoxy) is 1. The van der Waals surface area contributed by atoms with Crippen LogP contribution in [-0.4, -0.2) is 33.3 Å². The Labute approximate surface area is 192 Å². The summed E-state index contributed by atoms with van der Waals surface area (Å²) in [6.07, 6.45) is 4.92. The van der Waals surface area contributed by atoms with Crippen LogP contribution >= 0.6 is 0 Å². The molecular formula is C27H24N2O4. The van der Waals surface area contributed by atoms with Crippen LogP contribution in [0, 0.1) is 6.92 Å². The highest BCUT2D eigenvalue weighted by atomic mass is 16.5. The minimum Gasteiger partial charge on any atom is -0.507 e. The topological polar surface area (TPSA) is 79.7 Å². The molecule has 1 amide bonds. The second-order valence-electron chi connectivity index (χ2n) is 7.82. The van der Waals surface area contributed by atoms with Crippen molar-refractivity contribution in [2.45, 2.75) is 19.5 Å². The number of carbonyl (C=O) groups is 2. The van der Waals surface area contributed by atoms with Gasteiger partial charge in [0.1, 0.15) is 18.1 Å². The highest BCUT2D eigenvalue weighted by Crippen LogP contribution is 2.40. The fourth-order valence-corrected chi connectivity index (χ4v) is 3.84. The molecule has 0 radical (unpaired) electrons. The van der Waals surface area contributed by atoms with Crippen LogP contribution in [0.5, 0.6) is 5.75 Å². The van der Waals surface area contributed by atoms with Gasteiger partial charge in [0.15, 0.2) is 0 Å². The predicted octanol–water partition coefficient (Wildman–Crippen LogP) is 4.58. The van der Waals surface area contributed by atoms with Crippen LogP contribution in [0.1, 0.15) is 28.3 Å². The molecule has 1 saturated heterocycles. The van der Waals surface area contributed by atoms with Gasteiger partial charge in [-0.1, -0.05) is 42.5 Å². The number of aromatic nitrogens is 1. The molecule has 1 aliphatic rings. The number of hydrogen-bond acceptors (Lipinski definition) is 5. The Hall–Kier alpha value is -4.19. The van der Waals surface area contributed by atoms with Crippen LogP contribution in [0.3, 0.4) is 0 Å². The fraction of sp³-hybridized carbons (Fsp3) is 0.148. The molecule has 2 aromatic carbocycles. The molecule has 6 nitrogen and oxygen atoms in total. The first-order valence-corrected chi connectivity index (χ1v) is 10.6. The molecule has 0 unspecified atom stereocenters. The molecule has 0 bridgehead atoms. The number of pyridine rings is 1. The average Bonchev–Trinajstić information content (AvgIpc) is 3.08. The average molecular weight is 440 g/mol. The van der Waals surface area contributed by atoms with E-state index in [0.29, 0.717) is 17.9 Å². The van der Waals surface area contributed by atoms with Gasteiger partial charge >= 0.3 is 0 Å². The number of ketones is 1. The molecule has 3 aromatic rings. The Morgan fingerprint density at radius 1 is 1.06 bits per heavy atom. The summed E-state index contributed by atoms with van der Waals surface area (Å²) in [5.74, 6) is -0.963. The number of amides is 1. The molecular weight excluding hydrogens is 416 g/mol. The normalized spacial score (nSPS) is 17.2. The SMILES string of the molecule is C=CCOc1ccc(C(O)=C2C(=O)C(=O)N(Cc3ccncc3)[C@@H]2c2ccc(C)cc2)cc1. The van der Waals surface area contributed by atoms with E-state index in [1.165, 1.54) is 4.90 Å². The zero-order chi connectivity index (χ0) is 23.4. The molecule has 0 saturated carbocycles. The first kappa shape index (κ1) is 22.0. The minimum absolute atomic E-state index is 0.0673. The summed E-state index contributed by atoms with van der Waals surface area (Å²) >= 11 is 0. The van der Waals surface area contributed by atoms with Crippen molar-refractivity contribution in [3.05, 3.63) is 114 Å². The van der Waals surface area contributed by atoms with Crippen LogP contribution in [0.4, 0.5) is 0 Å². The van der Waals surface area contributed by atoms with E-state index in [-0.39, 0.29) is 17.9 Å². The number of Topliss-reactive ketones (excluding diaryl/α,β-unsaturated/α-hetero) is 1. The zero-order valence-corrected chi connectivity index (χ0v) is 18.3. The first-order chi connectivity index (χ1) is 16.0. The van der Waals surface area contributed by atoms with Gasteiger partial charge in [-0.2, -0.15) is 0 Å². The lowest BCUT2D eigenvalue weighted by Crippen LogP contribution is -2.29. The van der Waals surface area contributed by atoms with E-state index in [9.17, 15) is 14.7 Å². The number of benzene rings is 2. The molecule has 0 spiro atoms. The van der Waals surface area contributed by atoms with E-state index in [4.69, 9.17) is 4.74 Å². The van der Waals surface area contributed by atoms with Gasteiger partial charge in [-0.25, -0.2) is 0 Å². The Kier molecular flexibility index (Phi) is 6.36. The van der Waals surface area contributed by atoms with Crippen LogP contribution in [0.2, 0.25) is 0 Å². The van der Waals surface area contributed by atoms with Gasteiger partial charge in [0.25, 0.3) is 11.7 Å². The lowest BCUT2D eigenvalue weighted by Gasteiger charge is -2.25. The summed E-state index contributed by atoms with van der Waals surface area (Å²) in [4.78, 5) is 31.7. The number of likely N-dealkylation sites (tertiary alicyclic amines) is 1. The number of rotatable bonds is 7. The second kappa shape index (κ2) is 9.53. The van der Waals surface area contributed by atoms with Crippen LogP contribution in [0.25, 0.3) is 5.76 Å². The highest BCUT2D eigenvalue weighted by Gasteiger charge is 2.46. The molecule has 4 rings (SSSR count). The van der Waals surface area contributed by atoms with Gasteiger partial charge in [-0.3, -0.25) is 14.6 Å². The van der Waals surface area contributed by atoms with Crippen molar-refractivity contribution < 1.29 is 19.4 Å². The van der Waals surface area contributed by atoms with Gasteiger partial charge in [0.05, 0.1) is 11.6 Å². The summed E-state index contributed by atoms with van der Waals surface area (Å²) in [6, 6.07) is 17.2. The van der Waals surface area contributed by atoms with E-state index < -0.39 is 17.7 Å². The maximum absolute atomic E-state index is 13.1. The van der Waals surface area contributed by atoms with Crippen molar-refractivity contribution in [2.24, 2.45) is 0 Å². The van der Waals surface area contributed by atoms with Crippen molar-refractivity contribution in [2.75, 3.05) is 6.61 Å². The van der Waals surface area contributed by atoms with Crippen molar-refractivity contribution in [3.8, 4) is 5.75 Å². The van der Waals surface area contributed by atoms with Gasteiger partial charge in [0, 0.05) is 24.5 Å². The summed E-state index contributed by atoms with van der Waals surface area (Å²) < 4.78 is 5.49. The second-order valence-corrected chi connectivity index (χ2v) is 7.82. The molecule has 6 heteroatoms. The monoisotopic (exact) mass is 440 g/mol. The van der Waals surface area contributed by atoms with Crippen molar-refractivity contribution in [1.29, 1.82) is 0 Å². The van der Waals surface area contributed by atoms with E-state index in [0.717, 1.165) is 16.7 Å². The quantitative estimate of drug-likeness (QED) is 0.252. The van der Waals surface area contributed by atoms with E-state index >= 15 is 0 Å². The number of aliphatic hydroxyl groups excluding tert-OH is 1. The lowest BCUT2D eigenvalue weighted by molar-refractivity contribution is -0.140. The Balaban J connectivity index is 1.78. The van der Waals surface area contributed by atoms with Crippen LogP contribution < -0.4 is 4.74 Å². The first-order valence-electron chi connectivity index (χ1n) is 10.6. The van der Waals surface area contributed by atoms with Gasteiger partial charge in [-0.05, 0) is 54.4 Å². The summed E-state index contributed by atoms with van der Waals surface area (Å²) in [7, 11) is 0. The molecule has 2 heterocycles. The fourth-order valence-electron chi connectivity index (χ4n) is 3.84. The third kappa shape index (κ3) is 4.55.